The van der Waals surface area contributed by atoms with Crippen molar-refractivity contribution < 1.29 is 0 Å². The molecule has 168 valence electrons. The van der Waals surface area contributed by atoms with Crippen LogP contribution in [-0.4, -0.2) is 67.7 Å². The molecule has 0 radical (unpaired) electrons. The second kappa shape index (κ2) is 15.2. The van der Waals surface area contributed by atoms with Crippen molar-refractivity contribution in [2.45, 2.75) is 65.8 Å². The van der Waals surface area contributed by atoms with E-state index in [4.69, 9.17) is 9.98 Å². The summed E-state index contributed by atoms with van der Waals surface area (Å²) in [4.78, 5) is 14.5. The standard InChI is InChI=1S/C21H40N6S.HI/c1-5-22-20(24-18(4)11-10-14-26(6-2)7-3)23-13-12-19-17-28-21(25-19)27-15-8-9-16-27;/h17-18H,5-16H2,1-4H3,(H2,22,23,24);1H. The molecular weight excluding hydrogens is 495 g/mol. The Morgan fingerprint density at radius 2 is 2.00 bits per heavy atom. The van der Waals surface area contributed by atoms with E-state index in [-0.39, 0.29) is 24.0 Å². The summed E-state index contributed by atoms with van der Waals surface area (Å²) in [5, 5.41) is 10.3. The van der Waals surface area contributed by atoms with Crippen LogP contribution in [0.2, 0.25) is 0 Å². The van der Waals surface area contributed by atoms with Crippen LogP contribution in [0.3, 0.4) is 0 Å². The van der Waals surface area contributed by atoms with Gasteiger partial charge in [-0.15, -0.1) is 35.3 Å². The number of nitrogens with one attached hydrogen (secondary N) is 2. The van der Waals surface area contributed by atoms with Gasteiger partial charge in [0.1, 0.15) is 0 Å². The molecule has 0 bridgehead atoms. The first-order valence-corrected chi connectivity index (χ1v) is 12.0. The van der Waals surface area contributed by atoms with E-state index in [0.29, 0.717) is 6.04 Å². The summed E-state index contributed by atoms with van der Waals surface area (Å²) in [5.41, 5.74) is 1.17. The van der Waals surface area contributed by atoms with Crippen LogP contribution in [0.5, 0.6) is 0 Å². The Morgan fingerprint density at radius 1 is 1.28 bits per heavy atom. The Balaban J connectivity index is 0.00000420. The molecule has 6 nitrogen and oxygen atoms in total. The Labute approximate surface area is 199 Å². The average Bonchev–Trinajstić information content (AvgIpc) is 3.37. The normalized spacial score (nSPS) is 15.5. The summed E-state index contributed by atoms with van der Waals surface area (Å²) in [6, 6.07) is 0.425. The van der Waals surface area contributed by atoms with Crippen molar-refractivity contribution in [1.29, 1.82) is 0 Å². The highest BCUT2D eigenvalue weighted by Gasteiger charge is 2.15. The molecule has 2 rings (SSSR count). The van der Waals surface area contributed by atoms with E-state index in [1.165, 1.54) is 36.6 Å². The lowest BCUT2D eigenvalue weighted by Crippen LogP contribution is -2.42. The molecule has 2 N–H and O–H groups in total. The zero-order valence-electron chi connectivity index (χ0n) is 18.7. The van der Waals surface area contributed by atoms with Crippen molar-refractivity contribution >= 4 is 46.4 Å². The van der Waals surface area contributed by atoms with Gasteiger partial charge in [0, 0.05) is 44.0 Å². The number of anilines is 1. The summed E-state index contributed by atoms with van der Waals surface area (Å²) in [5.74, 6) is 0.924. The quantitative estimate of drug-likeness (QED) is 0.241. The fourth-order valence-electron chi connectivity index (χ4n) is 3.53. The van der Waals surface area contributed by atoms with Crippen molar-refractivity contribution in [3.05, 3.63) is 11.1 Å². The summed E-state index contributed by atoms with van der Waals surface area (Å²) >= 11 is 1.77. The van der Waals surface area contributed by atoms with Gasteiger partial charge in [0.05, 0.1) is 5.69 Å². The number of halogens is 1. The zero-order valence-corrected chi connectivity index (χ0v) is 21.9. The smallest absolute Gasteiger partial charge is 0.191 e. The second-order valence-corrected chi connectivity index (χ2v) is 8.38. The van der Waals surface area contributed by atoms with E-state index in [9.17, 15) is 0 Å². The van der Waals surface area contributed by atoms with Crippen molar-refractivity contribution in [3.8, 4) is 0 Å². The van der Waals surface area contributed by atoms with Crippen LogP contribution in [0.4, 0.5) is 5.13 Å². The minimum absolute atomic E-state index is 0. The number of guanidine groups is 1. The zero-order chi connectivity index (χ0) is 20.2. The lowest BCUT2D eigenvalue weighted by molar-refractivity contribution is 0.292. The van der Waals surface area contributed by atoms with Gasteiger partial charge in [0.25, 0.3) is 0 Å². The molecule has 1 aliphatic heterocycles. The molecule has 1 fully saturated rings. The number of hydrogen-bond acceptors (Lipinski definition) is 5. The molecule has 1 saturated heterocycles. The molecule has 1 atom stereocenters. The van der Waals surface area contributed by atoms with E-state index < -0.39 is 0 Å². The first-order chi connectivity index (χ1) is 13.7. The monoisotopic (exact) mass is 536 g/mol. The maximum atomic E-state index is 4.80. The minimum atomic E-state index is 0. The fraction of sp³-hybridized carbons (Fsp3) is 0.810. The van der Waals surface area contributed by atoms with Crippen molar-refractivity contribution in [1.82, 2.24) is 20.5 Å². The maximum Gasteiger partial charge on any atom is 0.191 e. The average molecular weight is 537 g/mol. The summed E-state index contributed by atoms with van der Waals surface area (Å²) in [6.07, 6.45) is 5.87. The molecule has 0 aliphatic carbocycles. The Morgan fingerprint density at radius 3 is 2.66 bits per heavy atom. The molecule has 2 heterocycles. The fourth-order valence-corrected chi connectivity index (χ4v) is 4.45. The first-order valence-electron chi connectivity index (χ1n) is 11.1. The summed E-state index contributed by atoms with van der Waals surface area (Å²) in [7, 11) is 0. The van der Waals surface area contributed by atoms with E-state index in [0.717, 1.165) is 58.1 Å². The molecular formula is C21H41IN6S. The minimum Gasteiger partial charge on any atom is -0.357 e. The lowest BCUT2D eigenvalue weighted by atomic mass is 10.2. The van der Waals surface area contributed by atoms with Gasteiger partial charge in [-0.1, -0.05) is 13.8 Å². The van der Waals surface area contributed by atoms with Crippen LogP contribution in [0.25, 0.3) is 0 Å². The van der Waals surface area contributed by atoms with Gasteiger partial charge in [-0.2, -0.15) is 0 Å². The van der Waals surface area contributed by atoms with E-state index in [2.05, 4.69) is 53.5 Å². The molecule has 8 heteroatoms. The van der Waals surface area contributed by atoms with Gasteiger partial charge in [-0.3, -0.25) is 4.99 Å². The lowest BCUT2D eigenvalue weighted by Gasteiger charge is -2.21. The molecule has 29 heavy (non-hydrogen) atoms. The third-order valence-corrected chi connectivity index (χ3v) is 6.24. The molecule has 0 spiro atoms. The maximum absolute atomic E-state index is 4.80. The number of nitrogens with zero attached hydrogens (tertiary/aromatic N) is 4. The van der Waals surface area contributed by atoms with Gasteiger partial charge in [-0.25, -0.2) is 4.98 Å². The van der Waals surface area contributed by atoms with Crippen LogP contribution < -0.4 is 15.5 Å². The number of aliphatic imine (C=N–C) groups is 1. The van der Waals surface area contributed by atoms with E-state index in [1.807, 2.05) is 0 Å². The predicted molar refractivity (Wildman–Crippen MR) is 138 cm³/mol. The topological polar surface area (TPSA) is 55.8 Å². The SMILES string of the molecule is CCNC(=NCCc1csc(N2CCCC2)n1)NC(C)CCCN(CC)CC.I. The Hall–Kier alpha value is -0.610. The highest BCUT2D eigenvalue weighted by atomic mass is 127. The first kappa shape index (κ1) is 26.4. The predicted octanol–water partition coefficient (Wildman–Crippen LogP) is 3.97. The van der Waals surface area contributed by atoms with Gasteiger partial charge in [-0.05, 0) is 59.2 Å². The van der Waals surface area contributed by atoms with Crippen molar-refractivity contribution in [2.75, 3.05) is 50.7 Å². The van der Waals surface area contributed by atoms with Crippen LogP contribution >= 0.6 is 35.3 Å². The van der Waals surface area contributed by atoms with Gasteiger partial charge >= 0.3 is 0 Å². The van der Waals surface area contributed by atoms with Gasteiger partial charge < -0.3 is 20.4 Å². The summed E-state index contributed by atoms with van der Waals surface area (Å²) < 4.78 is 0. The van der Waals surface area contributed by atoms with Crippen LogP contribution in [0.1, 0.15) is 59.1 Å². The van der Waals surface area contributed by atoms with E-state index >= 15 is 0 Å². The molecule has 1 aromatic rings. The Bertz CT molecular complexity index is 569. The van der Waals surface area contributed by atoms with Crippen LogP contribution in [0, 0.1) is 0 Å². The van der Waals surface area contributed by atoms with Gasteiger partial charge in [0.15, 0.2) is 11.1 Å². The molecule has 0 saturated carbocycles. The molecule has 1 unspecified atom stereocenters. The number of hydrogen-bond donors (Lipinski definition) is 2. The van der Waals surface area contributed by atoms with Crippen LogP contribution in [-0.2, 0) is 6.42 Å². The highest BCUT2D eigenvalue weighted by Crippen LogP contribution is 2.24. The highest BCUT2D eigenvalue weighted by molar-refractivity contribution is 14.0. The molecule has 1 aromatic heterocycles. The number of aromatic nitrogens is 1. The molecule has 0 amide bonds. The van der Waals surface area contributed by atoms with Crippen LogP contribution in [0.15, 0.2) is 10.4 Å². The number of rotatable bonds is 12. The second-order valence-electron chi connectivity index (χ2n) is 7.54. The third kappa shape index (κ3) is 9.83. The molecule has 1 aliphatic rings. The van der Waals surface area contributed by atoms with Crippen molar-refractivity contribution in [3.63, 3.8) is 0 Å². The van der Waals surface area contributed by atoms with Gasteiger partial charge in [0.2, 0.25) is 0 Å². The third-order valence-electron chi connectivity index (χ3n) is 5.29. The number of thiazole rings is 1. The van der Waals surface area contributed by atoms with E-state index in [1.54, 1.807) is 11.3 Å². The Kier molecular flexibility index (Phi) is 13.9. The largest absolute Gasteiger partial charge is 0.357 e. The van der Waals surface area contributed by atoms with Crippen molar-refractivity contribution in [2.24, 2.45) is 4.99 Å². The molecule has 0 aromatic carbocycles. The summed E-state index contributed by atoms with van der Waals surface area (Å²) in [6.45, 7) is 16.3.